The summed E-state index contributed by atoms with van der Waals surface area (Å²) in [6.45, 7) is 7.31. The van der Waals surface area contributed by atoms with Gasteiger partial charge in [-0.05, 0) is 75.2 Å². The number of ether oxygens (including phenoxy) is 4. The molecule has 4 aliphatic rings. The fourth-order valence-electron chi connectivity index (χ4n) is 6.15. The van der Waals surface area contributed by atoms with E-state index in [-0.39, 0.29) is 47.9 Å². The molecule has 0 spiro atoms. The highest BCUT2D eigenvalue weighted by Crippen LogP contribution is 2.52. The molecule has 2 saturated heterocycles. The number of hydrogen-bond donors (Lipinski definition) is 1. The zero-order valence-corrected chi connectivity index (χ0v) is 22.9. The maximum absolute atomic E-state index is 14.3. The first-order chi connectivity index (χ1) is 17.9. The van der Waals surface area contributed by atoms with Gasteiger partial charge in [0, 0.05) is 31.5 Å². The Hall–Kier alpha value is -1.41. The maximum atomic E-state index is 14.3. The van der Waals surface area contributed by atoms with Crippen LogP contribution >= 0.6 is 0 Å². The van der Waals surface area contributed by atoms with Crippen LogP contribution in [-0.2, 0) is 18.9 Å². The van der Waals surface area contributed by atoms with E-state index in [4.69, 9.17) is 18.9 Å². The summed E-state index contributed by atoms with van der Waals surface area (Å²) in [5, 5.41) is 9.36. The minimum absolute atomic E-state index is 0.0320. The van der Waals surface area contributed by atoms with Crippen LogP contribution in [0.15, 0.2) is 11.4 Å². The molecule has 4 fully saturated rings. The van der Waals surface area contributed by atoms with Crippen LogP contribution in [0, 0.1) is 46.9 Å². The quantitative estimate of drug-likeness (QED) is 0.427. The molecule has 0 amide bonds. The van der Waals surface area contributed by atoms with E-state index >= 15 is 0 Å². The average molecular weight is 517 g/mol. The van der Waals surface area contributed by atoms with Crippen LogP contribution in [-0.4, -0.2) is 49.7 Å². The predicted octanol–water partition coefficient (Wildman–Crippen LogP) is 5.91. The summed E-state index contributed by atoms with van der Waals surface area (Å²) in [4.78, 5) is 0. The smallest absolute Gasteiger partial charge is 0.159 e. The van der Waals surface area contributed by atoms with Gasteiger partial charge in [0.1, 0.15) is 11.9 Å². The summed E-state index contributed by atoms with van der Waals surface area (Å²) in [7, 11) is 0. The lowest BCUT2D eigenvalue weighted by Crippen LogP contribution is -2.37. The van der Waals surface area contributed by atoms with Crippen molar-refractivity contribution in [3.63, 3.8) is 0 Å². The van der Waals surface area contributed by atoms with Crippen LogP contribution in [0.4, 0.5) is 4.39 Å². The zero-order valence-electron chi connectivity index (χ0n) is 22.9. The van der Waals surface area contributed by atoms with Crippen molar-refractivity contribution in [2.75, 3.05) is 19.8 Å². The molecule has 206 valence electrons. The van der Waals surface area contributed by atoms with E-state index in [1.54, 1.807) is 0 Å². The highest BCUT2D eigenvalue weighted by Gasteiger charge is 2.48. The first kappa shape index (κ1) is 28.6. The summed E-state index contributed by atoms with van der Waals surface area (Å²) >= 11 is 0. The van der Waals surface area contributed by atoms with Crippen LogP contribution in [0.2, 0.25) is 0 Å². The van der Waals surface area contributed by atoms with Crippen molar-refractivity contribution in [3.05, 3.63) is 11.4 Å². The van der Waals surface area contributed by atoms with Gasteiger partial charge in [-0.2, -0.15) is 0 Å². The minimum atomic E-state index is -0.523. The van der Waals surface area contributed by atoms with Crippen molar-refractivity contribution < 1.29 is 28.4 Å². The number of fused-ring (bicyclic) bond motifs is 1. The molecular formula is C31H45FO5. The first-order valence-corrected chi connectivity index (χ1v) is 14.4. The van der Waals surface area contributed by atoms with E-state index in [1.807, 2.05) is 0 Å². The summed E-state index contributed by atoms with van der Waals surface area (Å²) in [6, 6.07) is 0. The summed E-state index contributed by atoms with van der Waals surface area (Å²) < 4.78 is 39.1. The fourth-order valence-corrected chi connectivity index (χ4v) is 6.15. The third-order valence-corrected chi connectivity index (χ3v) is 8.34. The summed E-state index contributed by atoms with van der Waals surface area (Å²) in [5.74, 6) is 13.7. The molecular weight excluding hydrogens is 471 g/mol. The van der Waals surface area contributed by atoms with Gasteiger partial charge in [0.15, 0.2) is 12.6 Å². The number of rotatable bonds is 7. The molecule has 4 rings (SSSR count). The standard InChI is InChI=1S/C31H45FO5/c1-4-5-8-15-31(2,3)28(37-30-12-7-10-17-35-30)14-13-24-25-19-23(26(32)21-33)18-22(25)20-27(24)36-29-11-6-9-16-34-29/h22,24-25,27-30,33H,4,6-7,9-12,15-21H2,1-3H3/b26-23+/t22-,24+,25-,27+,28+,29?,30?/m0/s1. The van der Waals surface area contributed by atoms with E-state index in [2.05, 4.69) is 44.5 Å². The topological polar surface area (TPSA) is 57.2 Å². The van der Waals surface area contributed by atoms with E-state index in [9.17, 15) is 9.50 Å². The molecule has 1 N–H and O–H groups in total. The Balaban J connectivity index is 1.57. The van der Waals surface area contributed by atoms with Crippen molar-refractivity contribution in [2.24, 2.45) is 23.2 Å². The lowest BCUT2D eigenvalue weighted by atomic mass is 9.82. The first-order valence-electron chi connectivity index (χ1n) is 14.4. The van der Waals surface area contributed by atoms with Gasteiger partial charge < -0.3 is 24.1 Å². The summed E-state index contributed by atoms with van der Waals surface area (Å²) in [6.07, 6.45) is 8.98. The molecule has 37 heavy (non-hydrogen) atoms. The summed E-state index contributed by atoms with van der Waals surface area (Å²) in [5.41, 5.74) is 0.468. The Labute approximate surface area is 222 Å². The predicted molar refractivity (Wildman–Crippen MR) is 141 cm³/mol. The van der Waals surface area contributed by atoms with Crippen LogP contribution in [0.1, 0.15) is 91.4 Å². The van der Waals surface area contributed by atoms with Crippen LogP contribution < -0.4 is 0 Å². The number of allylic oxidation sites excluding steroid dienone is 1. The number of aliphatic hydroxyl groups is 1. The molecule has 2 heterocycles. The number of hydrogen-bond acceptors (Lipinski definition) is 5. The Morgan fingerprint density at radius 3 is 2.46 bits per heavy atom. The molecule has 5 nitrogen and oxygen atoms in total. The average Bonchev–Trinajstić information content (AvgIpc) is 3.45. The second-order valence-corrected chi connectivity index (χ2v) is 11.7. The van der Waals surface area contributed by atoms with Gasteiger partial charge in [0.05, 0.1) is 18.6 Å². The van der Waals surface area contributed by atoms with E-state index in [1.165, 1.54) is 0 Å². The molecule has 2 aliphatic carbocycles. The highest BCUT2D eigenvalue weighted by molar-refractivity contribution is 5.24. The van der Waals surface area contributed by atoms with Gasteiger partial charge in [-0.3, -0.25) is 0 Å². The fraction of sp³-hybridized carbons (Fsp3) is 0.806. The molecule has 6 heteroatoms. The Morgan fingerprint density at radius 1 is 1.08 bits per heavy atom. The molecule has 7 atom stereocenters. The molecule has 0 aromatic carbocycles. The van der Waals surface area contributed by atoms with Crippen molar-refractivity contribution in [1.29, 1.82) is 0 Å². The molecule has 0 bridgehead atoms. The van der Waals surface area contributed by atoms with Gasteiger partial charge in [-0.25, -0.2) is 4.39 Å². The molecule has 0 radical (unpaired) electrons. The van der Waals surface area contributed by atoms with Crippen LogP contribution in [0.5, 0.6) is 0 Å². The Kier molecular flexibility index (Phi) is 10.5. The maximum Gasteiger partial charge on any atom is 0.159 e. The van der Waals surface area contributed by atoms with E-state index in [0.29, 0.717) is 25.2 Å². The van der Waals surface area contributed by atoms with E-state index in [0.717, 1.165) is 70.2 Å². The van der Waals surface area contributed by atoms with Crippen LogP contribution in [0.25, 0.3) is 0 Å². The third kappa shape index (κ3) is 7.59. The van der Waals surface area contributed by atoms with Gasteiger partial charge in [-0.15, -0.1) is 11.8 Å². The molecule has 2 unspecified atom stereocenters. The monoisotopic (exact) mass is 516 g/mol. The third-order valence-electron chi connectivity index (χ3n) is 8.34. The number of aliphatic hydroxyl groups excluding tert-OH is 1. The molecule has 0 aromatic heterocycles. The normalized spacial score (nSPS) is 34.1. The van der Waals surface area contributed by atoms with Gasteiger partial charge in [-0.1, -0.05) is 32.6 Å². The van der Waals surface area contributed by atoms with Crippen molar-refractivity contribution >= 4 is 0 Å². The van der Waals surface area contributed by atoms with Gasteiger partial charge >= 0.3 is 0 Å². The SMILES string of the molecule is CCC#CCC(C)(C)[C@@H](C#C[C@@H]1[C@H]2C/C(=C(/F)CO)C[C@H]2C[C@H]1OC1CCCCO1)OC1CCCCO1. The second-order valence-electron chi connectivity index (χ2n) is 11.7. The van der Waals surface area contributed by atoms with Crippen molar-refractivity contribution in [1.82, 2.24) is 0 Å². The molecule has 0 aromatic rings. The van der Waals surface area contributed by atoms with Gasteiger partial charge in [0.25, 0.3) is 0 Å². The largest absolute Gasteiger partial charge is 0.389 e. The lowest BCUT2D eigenvalue weighted by molar-refractivity contribution is -0.194. The van der Waals surface area contributed by atoms with Crippen LogP contribution in [0.3, 0.4) is 0 Å². The minimum Gasteiger partial charge on any atom is -0.389 e. The highest BCUT2D eigenvalue weighted by atomic mass is 19.1. The van der Waals surface area contributed by atoms with E-state index < -0.39 is 6.61 Å². The Morgan fingerprint density at radius 2 is 1.81 bits per heavy atom. The van der Waals surface area contributed by atoms with Gasteiger partial charge in [0.2, 0.25) is 0 Å². The number of halogens is 1. The zero-order chi connectivity index (χ0) is 26.3. The second kappa shape index (κ2) is 13.6. The molecule has 2 aliphatic heterocycles. The van der Waals surface area contributed by atoms with Crippen molar-refractivity contribution in [3.8, 4) is 23.7 Å². The molecule has 2 saturated carbocycles. The lowest BCUT2D eigenvalue weighted by Gasteiger charge is -2.34. The van der Waals surface area contributed by atoms with Crippen molar-refractivity contribution in [2.45, 2.75) is 116 Å². The Bertz CT molecular complexity index is 894.